The van der Waals surface area contributed by atoms with E-state index in [1.807, 2.05) is 11.8 Å². The van der Waals surface area contributed by atoms with Crippen LogP contribution >= 0.6 is 0 Å². The van der Waals surface area contributed by atoms with Crippen molar-refractivity contribution >= 4 is 5.91 Å². The zero-order valence-electron chi connectivity index (χ0n) is 12.8. The van der Waals surface area contributed by atoms with E-state index in [2.05, 4.69) is 5.32 Å². The molecule has 1 fully saturated rings. The van der Waals surface area contributed by atoms with Crippen molar-refractivity contribution in [2.75, 3.05) is 26.2 Å². The number of carbonyl (C=O) groups is 1. The van der Waals surface area contributed by atoms with E-state index in [0.29, 0.717) is 31.6 Å². The van der Waals surface area contributed by atoms with Crippen LogP contribution < -0.4 is 5.32 Å². The first-order valence-corrected chi connectivity index (χ1v) is 7.62. The number of hydrogen-bond acceptors (Lipinski definition) is 4. The van der Waals surface area contributed by atoms with Crippen LogP contribution in [0, 0.1) is 5.82 Å². The lowest BCUT2D eigenvalue weighted by Crippen LogP contribution is -2.56. The third-order valence-corrected chi connectivity index (χ3v) is 3.80. The Morgan fingerprint density at radius 2 is 2.27 bits per heavy atom. The maximum atomic E-state index is 13.4. The van der Waals surface area contributed by atoms with Gasteiger partial charge in [-0.2, -0.15) is 0 Å². The second kappa shape index (κ2) is 8.22. The molecule has 122 valence electrons. The summed E-state index contributed by atoms with van der Waals surface area (Å²) >= 11 is 0. The minimum absolute atomic E-state index is 0.00762. The van der Waals surface area contributed by atoms with Crippen molar-refractivity contribution in [3.8, 4) is 0 Å². The van der Waals surface area contributed by atoms with Crippen LogP contribution in [0.15, 0.2) is 24.3 Å². The number of nitrogens with zero attached hydrogens (tertiary/aromatic N) is 1. The highest BCUT2D eigenvalue weighted by Gasteiger charge is 2.29. The number of aliphatic hydroxyl groups is 1. The molecule has 0 saturated carbocycles. The summed E-state index contributed by atoms with van der Waals surface area (Å²) in [6.45, 7) is 3.88. The average molecular weight is 310 g/mol. The number of aliphatic hydroxyl groups excluding tert-OH is 1. The molecule has 1 aliphatic rings. The molecule has 1 saturated heterocycles. The molecule has 0 radical (unpaired) electrons. The van der Waals surface area contributed by atoms with Gasteiger partial charge >= 0.3 is 0 Å². The molecule has 6 heteroatoms. The van der Waals surface area contributed by atoms with Gasteiger partial charge in [-0.1, -0.05) is 25.1 Å². The molecule has 1 aromatic rings. The Kier molecular flexibility index (Phi) is 6.30. The molecule has 2 rings (SSSR count). The number of halogens is 1. The standard InChI is InChI=1S/C16H23FN2O3/c1-2-15-16(21)18-7-8-19(15)9-13(20)11-22-10-12-5-3-4-6-14(12)17/h3-6,13,15,20H,2,7-11H2,1H3,(H,18,21). The summed E-state index contributed by atoms with van der Waals surface area (Å²) in [6.07, 6.45) is 0.000905. The smallest absolute Gasteiger partial charge is 0.237 e. The summed E-state index contributed by atoms with van der Waals surface area (Å²) in [7, 11) is 0. The predicted molar refractivity (Wildman–Crippen MR) is 80.7 cm³/mol. The van der Waals surface area contributed by atoms with Crippen LogP contribution in [0.3, 0.4) is 0 Å². The van der Waals surface area contributed by atoms with Crippen molar-refractivity contribution in [2.24, 2.45) is 0 Å². The van der Waals surface area contributed by atoms with Crippen molar-refractivity contribution in [3.05, 3.63) is 35.6 Å². The van der Waals surface area contributed by atoms with Gasteiger partial charge in [0.2, 0.25) is 5.91 Å². The first-order chi connectivity index (χ1) is 10.6. The Hall–Kier alpha value is -1.50. The van der Waals surface area contributed by atoms with E-state index in [9.17, 15) is 14.3 Å². The largest absolute Gasteiger partial charge is 0.389 e. The Bertz CT molecular complexity index is 498. The molecular weight excluding hydrogens is 287 g/mol. The molecule has 1 aliphatic heterocycles. The highest BCUT2D eigenvalue weighted by molar-refractivity contribution is 5.82. The van der Waals surface area contributed by atoms with Crippen molar-refractivity contribution in [3.63, 3.8) is 0 Å². The fourth-order valence-electron chi connectivity index (χ4n) is 2.67. The van der Waals surface area contributed by atoms with Crippen molar-refractivity contribution in [2.45, 2.75) is 32.1 Å². The number of β-amino-alcohol motifs (C(OH)–C–C–N with tert-alkyl or cyclic N) is 1. The number of carbonyl (C=O) groups excluding carboxylic acids is 1. The van der Waals surface area contributed by atoms with Crippen LogP contribution in [-0.4, -0.2) is 54.3 Å². The van der Waals surface area contributed by atoms with Crippen molar-refractivity contribution < 1.29 is 19.0 Å². The van der Waals surface area contributed by atoms with E-state index in [-0.39, 0.29) is 31.0 Å². The van der Waals surface area contributed by atoms with Gasteiger partial charge in [0.05, 0.1) is 25.4 Å². The number of ether oxygens (including phenoxy) is 1. The minimum Gasteiger partial charge on any atom is -0.389 e. The molecule has 0 spiro atoms. The summed E-state index contributed by atoms with van der Waals surface area (Å²) in [4.78, 5) is 13.7. The SMILES string of the molecule is CCC1C(=O)NCCN1CC(O)COCc1ccccc1F. The van der Waals surface area contributed by atoms with Crippen LogP contribution in [0.5, 0.6) is 0 Å². The van der Waals surface area contributed by atoms with Gasteiger partial charge in [-0.05, 0) is 12.5 Å². The lowest BCUT2D eigenvalue weighted by atomic mass is 10.1. The zero-order chi connectivity index (χ0) is 15.9. The lowest BCUT2D eigenvalue weighted by molar-refractivity contribution is -0.130. The number of piperazine rings is 1. The normalized spacial score (nSPS) is 20.7. The molecule has 1 amide bonds. The van der Waals surface area contributed by atoms with E-state index in [1.54, 1.807) is 18.2 Å². The van der Waals surface area contributed by atoms with E-state index < -0.39 is 6.10 Å². The van der Waals surface area contributed by atoms with Gasteiger partial charge in [-0.15, -0.1) is 0 Å². The average Bonchev–Trinajstić information content (AvgIpc) is 2.49. The lowest BCUT2D eigenvalue weighted by Gasteiger charge is -2.35. The fourth-order valence-corrected chi connectivity index (χ4v) is 2.67. The van der Waals surface area contributed by atoms with Gasteiger partial charge in [-0.3, -0.25) is 9.69 Å². The van der Waals surface area contributed by atoms with Crippen LogP contribution in [0.4, 0.5) is 4.39 Å². The minimum atomic E-state index is -0.702. The number of nitrogens with one attached hydrogen (secondary N) is 1. The molecule has 1 aromatic carbocycles. The number of hydrogen-bond donors (Lipinski definition) is 2. The van der Waals surface area contributed by atoms with E-state index in [1.165, 1.54) is 6.07 Å². The van der Waals surface area contributed by atoms with Crippen LogP contribution in [0.1, 0.15) is 18.9 Å². The van der Waals surface area contributed by atoms with E-state index in [0.717, 1.165) is 0 Å². The summed E-state index contributed by atoms with van der Waals surface area (Å²) in [6, 6.07) is 6.21. The van der Waals surface area contributed by atoms with E-state index >= 15 is 0 Å². The molecule has 0 aromatic heterocycles. The number of rotatable bonds is 7. The molecule has 5 nitrogen and oxygen atoms in total. The molecule has 0 bridgehead atoms. The summed E-state index contributed by atoms with van der Waals surface area (Å²) in [5.41, 5.74) is 0.471. The zero-order valence-corrected chi connectivity index (χ0v) is 12.8. The monoisotopic (exact) mass is 310 g/mol. The van der Waals surface area contributed by atoms with Crippen molar-refractivity contribution in [1.82, 2.24) is 10.2 Å². The Morgan fingerprint density at radius 1 is 1.50 bits per heavy atom. The Labute approximate surface area is 130 Å². The van der Waals surface area contributed by atoms with Crippen LogP contribution in [0.25, 0.3) is 0 Å². The molecular formula is C16H23FN2O3. The highest BCUT2D eigenvalue weighted by Crippen LogP contribution is 2.11. The topological polar surface area (TPSA) is 61.8 Å². The quantitative estimate of drug-likeness (QED) is 0.786. The molecule has 2 atom stereocenters. The number of benzene rings is 1. The Morgan fingerprint density at radius 3 is 3.00 bits per heavy atom. The van der Waals surface area contributed by atoms with Crippen molar-refractivity contribution in [1.29, 1.82) is 0 Å². The summed E-state index contributed by atoms with van der Waals surface area (Å²) in [5, 5.41) is 12.9. The maximum Gasteiger partial charge on any atom is 0.237 e. The summed E-state index contributed by atoms with van der Waals surface area (Å²) in [5.74, 6) is -0.302. The third kappa shape index (κ3) is 4.50. The van der Waals surface area contributed by atoms with Gasteiger partial charge in [-0.25, -0.2) is 4.39 Å². The predicted octanol–water partition coefficient (Wildman–Crippen LogP) is 0.914. The summed E-state index contributed by atoms with van der Waals surface area (Å²) < 4.78 is 18.8. The molecule has 1 heterocycles. The van der Waals surface area contributed by atoms with Gasteiger partial charge < -0.3 is 15.2 Å². The second-order valence-electron chi connectivity index (χ2n) is 5.47. The fraction of sp³-hybridized carbons (Fsp3) is 0.562. The van der Waals surface area contributed by atoms with E-state index in [4.69, 9.17) is 4.74 Å². The maximum absolute atomic E-state index is 13.4. The van der Waals surface area contributed by atoms with Crippen LogP contribution in [0.2, 0.25) is 0 Å². The molecule has 2 N–H and O–H groups in total. The Balaban J connectivity index is 1.76. The number of amides is 1. The molecule has 2 unspecified atom stereocenters. The first-order valence-electron chi connectivity index (χ1n) is 7.62. The van der Waals surface area contributed by atoms with Gasteiger partial charge in [0.1, 0.15) is 5.82 Å². The third-order valence-electron chi connectivity index (χ3n) is 3.80. The van der Waals surface area contributed by atoms with Gasteiger partial charge in [0.15, 0.2) is 0 Å². The van der Waals surface area contributed by atoms with Gasteiger partial charge in [0, 0.05) is 25.2 Å². The second-order valence-corrected chi connectivity index (χ2v) is 5.47. The molecule has 0 aliphatic carbocycles. The van der Waals surface area contributed by atoms with Crippen LogP contribution in [-0.2, 0) is 16.1 Å². The highest BCUT2D eigenvalue weighted by atomic mass is 19.1. The first kappa shape index (κ1) is 16.9. The molecule has 22 heavy (non-hydrogen) atoms. The van der Waals surface area contributed by atoms with Gasteiger partial charge in [0.25, 0.3) is 0 Å².